The SMILES string of the molecule is CC(C)CNc1ccnc(NCc2csc(-c3ccc(C(=O)NCCOCCOCCOCCNC(=O)[C@H](CC(C)C)NC(=O)[C@@H](O)[C@H](N)Cc4ccccc4)cc3)n2)n1. The molecule has 0 fully saturated rings. The van der Waals surface area contributed by atoms with E-state index in [2.05, 4.69) is 50.4 Å². The second kappa shape index (κ2) is 26.2. The Balaban J connectivity index is 1.01. The van der Waals surface area contributed by atoms with Gasteiger partial charge in [0, 0.05) is 48.4 Å². The maximum Gasteiger partial charge on any atom is 0.251 e. The molecule has 0 radical (unpaired) electrons. The molecule has 0 aliphatic carbocycles. The average molecular weight is 848 g/mol. The van der Waals surface area contributed by atoms with Crippen molar-refractivity contribution in [1.82, 2.24) is 30.9 Å². The van der Waals surface area contributed by atoms with Gasteiger partial charge in [0.2, 0.25) is 11.9 Å². The van der Waals surface area contributed by atoms with Crippen LogP contribution in [0.5, 0.6) is 0 Å². The number of carbonyl (C=O) groups excluding carboxylic acids is 3. The largest absolute Gasteiger partial charge is 0.382 e. The summed E-state index contributed by atoms with van der Waals surface area (Å²) >= 11 is 1.53. The van der Waals surface area contributed by atoms with Crippen LogP contribution >= 0.6 is 11.3 Å². The number of aliphatic hydroxyl groups excluding tert-OH is 1. The summed E-state index contributed by atoms with van der Waals surface area (Å²) in [6.45, 7) is 12.1. The molecule has 0 aliphatic rings. The van der Waals surface area contributed by atoms with E-state index < -0.39 is 24.1 Å². The quantitative estimate of drug-likeness (QED) is 0.0406. The number of nitrogens with one attached hydrogen (secondary N) is 5. The highest BCUT2D eigenvalue weighted by Crippen LogP contribution is 2.24. The Labute approximate surface area is 356 Å². The zero-order valence-corrected chi connectivity index (χ0v) is 35.8. The summed E-state index contributed by atoms with van der Waals surface area (Å²) in [4.78, 5) is 51.8. The van der Waals surface area contributed by atoms with Crippen molar-refractivity contribution in [3.63, 3.8) is 0 Å². The molecule has 2 heterocycles. The third-order valence-electron chi connectivity index (χ3n) is 8.87. The smallest absolute Gasteiger partial charge is 0.251 e. The first-order valence-corrected chi connectivity index (χ1v) is 21.3. The maximum absolute atomic E-state index is 12.9. The van der Waals surface area contributed by atoms with Crippen molar-refractivity contribution in [1.29, 1.82) is 0 Å². The highest BCUT2D eigenvalue weighted by molar-refractivity contribution is 7.13. The Kier molecular flexibility index (Phi) is 20.8. The number of aliphatic hydroxyl groups is 1. The number of nitrogens with zero attached hydrogens (tertiary/aromatic N) is 3. The van der Waals surface area contributed by atoms with Crippen LogP contribution in [0.15, 0.2) is 72.2 Å². The molecule has 326 valence electrons. The van der Waals surface area contributed by atoms with Gasteiger partial charge >= 0.3 is 0 Å². The van der Waals surface area contributed by atoms with Gasteiger partial charge in [-0.1, -0.05) is 70.2 Å². The third kappa shape index (κ3) is 17.7. The van der Waals surface area contributed by atoms with Gasteiger partial charge in [0.15, 0.2) is 0 Å². The zero-order valence-electron chi connectivity index (χ0n) is 35.0. The minimum atomic E-state index is -1.46. The van der Waals surface area contributed by atoms with Crippen molar-refractivity contribution in [3.8, 4) is 10.6 Å². The van der Waals surface area contributed by atoms with Crippen molar-refractivity contribution < 1.29 is 33.7 Å². The van der Waals surface area contributed by atoms with Crippen molar-refractivity contribution in [2.45, 2.75) is 65.3 Å². The maximum atomic E-state index is 12.9. The average Bonchev–Trinajstić information content (AvgIpc) is 3.72. The van der Waals surface area contributed by atoms with E-state index in [1.165, 1.54) is 11.3 Å². The lowest BCUT2D eigenvalue weighted by molar-refractivity contribution is -0.135. The number of hydrogen-bond acceptors (Lipinski definition) is 14. The first-order chi connectivity index (χ1) is 29.0. The van der Waals surface area contributed by atoms with Gasteiger partial charge in [-0.05, 0) is 48.4 Å². The van der Waals surface area contributed by atoms with E-state index in [4.69, 9.17) is 24.9 Å². The summed E-state index contributed by atoms with van der Waals surface area (Å²) in [5.74, 6) is 0.710. The Morgan fingerprint density at radius 1 is 0.783 bits per heavy atom. The molecule has 0 bridgehead atoms. The third-order valence-corrected chi connectivity index (χ3v) is 9.81. The van der Waals surface area contributed by atoms with Gasteiger partial charge in [-0.25, -0.2) is 9.97 Å². The number of amides is 3. The molecule has 2 aromatic carbocycles. The number of hydrogen-bond donors (Lipinski definition) is 7. The van der Waals surface area contributed by atoms with E-state index in [0.717, 1.165) is 34.2 Å². The van der Waals surface area contributed by atoms with Gasteiger partial charge in [0.05, 0.1) is 51.9 Å². The Hall–Kier alpha value is -5.04. The van der Waals surface area contributed by atoms with E-state index in [-0.39, 0.29) is 30.9 Å². The summed E-state index contributed by atoms with van der Waals surface area (Å²) in [5, 5.41) is 28.2. The molecule has 2 aromatic heterocycles. The molecule has 0 unspecified atom stereocenters. The molecule has 0 saturated heterocycles. The van der Waals surface area contributed by atoms with Gasteiger partial charge < -0.3 is 51.6 Å². The number of ether oxygens (including phenoxy) is 3. The fraction of sp³-hybridized carbons (Fsp3) is 0.488. The first kappa shape index (κ1) is 47.6. The van der Waals surface area contributed by atoms with Crippen molar-refractivity contribution in [2.75, 3.05) is 69.9 Å². The van der Waals surface area contributed by atoms with Crippen LogP contribution in [-0.2, 0) is 36.8 Å². The molecule has 60 heavy (non-hydrogen) atoms. The van der Waals surface area contributed by atoms with Crippen LogP contribution in [0.4, 0.5) is 11.8 Å². The van der Waals surface area contributed by atoms with E-state index in [9.17, 15) is 19.5 Å². The van der Waals surface area contributed by atoms with Crippen LogP contribution in [0.2, 0.25) is 0 Å². The van der Waals surface area contributed by atoms with Crippen molar-refractivity contribution >= 4 is 40.8 Å². The molecule has 0 aliphatic heterocycles. The van der Waals surface area contributed by atoms with Gasteiger partial charge in [-0.15, -0.1) is 11.3 Å². The number of thiazole rings is 1. The summed E-state index contributed by atoms with van der Waals surface area (Å²) in [5.41, 5.74) is 9.33. The van der Waals surface area contributed by atoms with E-state index in [1.54, 1.807) is 18.3 Å². The minimum Gasteiger partial charge on any atom is -0.382 e. The summed E-state index contributed by atoms with van der Waals surface area (Å²) in [7, 11) is 0. The van der Waals surface area contributed by atoms with E-state index >= 15 is 0 Å². The first-order valence-electron chi connectivity index (χ1n) is 20.4. The second-order valence-electron chi connectivity index (χ2n) is 15.0. The van der Waals surface area contributed by atoms with Crippen LogP contribution in [0.1, 0.15) is 55.7 Å². The fourth-order valence-corrected chi connectivity index (χ4v) is 6.53. The highest BCUT2D eigenvalue weighted by Gasteiger charge is 2.28. The number of anilines is 2. The van der Waals surface area contributed by atoms with Gasteiger partial charge in [-0.2, -0.15) is 4.98 Å². The van der Waals surface area contributed by atoms with Crippen LogP contribution in [0.3, 0.4) is 0 Å². The lowest BCUT2D eigenvalue weighted by Gasteiger charge is -2.24. The number of carbonyl (C=O) groups is 3. The molecule has 4 aromatic rings. The topological polar surface area (TPSA) is 224 Å². The van der Waals surface area contributed by atoms with Crippen LogP contribution < -0.4 is 32.3 Å². The lowest BCUT2D eigenvalue weighted by atomic mass is 10.00. The minimum absolute atomic E-state index is 0.125. The number of nitrogens with two attached hydrogens (primary N) is 1. The fourth-order valence-electron chi connectivity index (χ4n) is 5.71. The predicted octanol–water partition coefficient (Wildman–Crippen LogP) is 3.64. The van der Waals surface area contributed by atoms with Gasteiger partial charge in [-0.3, -0.25) is 14.4 Å². The van der Waals surface area contributed by atoms with E-state index in [0.29, 0.717) is 76.4 Å². The number of benzene rings is 2. The molecular formula is C43H61N9O7S. The summed E-state index contributed by atoms with van der Waals surface area (Å²) in [6, 6.07) is 16.9. The number of aromatic nitrogens is 3. The van der Waals surface area contributed by atoms with E-state index in [1.807, 2.05) is 67.8 Å². The summed E-state index contributed by atoms with van der Waals surface area (Å²) < 4.78 is 16.7. The molecule has 0 spiro atoms. The Morgan fingerprint density at radius 3 is 2.12 bits per heavy atom. The second-order valence-corrected chi connectivity index (χ2v) is 15.8. The zero-order chi connectivity index (χ0) is 43.1. The molecule has 16 nitrogen and oxygen atoms in total. The Bertz CT molecular complexity index is 1860. The highest BCUT2D eigenvalue weighted by atomic mass is 32.1. The van der Waals surface area contributed by atoms with Crippen LogP contribution in [-0.4, -0.2) is 115 Å². The molecule has 4 rings (SSSR count). The normalized spacial score (nSPS) is 12.8. The monoisotopic (exact) mass is 847 g/mol. The molecular weight excluding hydrogens is 787 g/mol. The number of rotatable bonds is 28. The van der Waals surface area contributed by atoms with Crippen molar-refractivity contribution in [2.24, 2.45) is 17.6 Å². The molecule has 3 atom stereocenters. The van der Waals surface area contributed by atoms with Crippen LogP contribution in [0.25, 0.3) is 10.6 Å². The molecule has 17 heteroatoms. The molecule has 3 amide bonds. The summed E-state index contributed by atoms with van der Waals surface area (Å²) in [6.07, 6.45) is 0.984. The van der Waals surface area contributed by atoms with Crippen LogP contribution in [0, 0.1) is 11.8 Å². The predicted molar refractivity (Wildman–Crippen MR) is 234 cm³/mol. The van der Waals surface area contributed by atoms with Gasteiger partial charge in [0.1, 0.15) is 23.0 Å². The lowest BCUT2D eigenvalue weighted by Crippen LogP contribution is -2.54. The molecule has 0 saturated carbocycles. The Morgan fingerprint density at radius 2 is 1.45 bits per heavy atom. The standard InChI is InChI=1S/C43H61N9O7S/c1-29(2)24-36(51-41(56)38(53)35(44)25-31-8-6-5-7-9-31)40(55)46-17-19-58-21-23-59-22-20-57-18-16-45-39(54)32-10-12-33(13-11-32)42-50-34(28-60-42)27-49-43-47-15-14-37(52-43)48-26-30(3)4/h5-15,28-30,35-36,38,53H,16-27,44H2,1-4H3,(H,45,54)(H,46,55)(H,51,56)(H2,47,48,49,52)/t35-,36+,38+/m1/s1. The molecule has 8 N–H and O–H groups in total. The van der Waals surface area contributed by atoms with Crippen molar-refractivity contribution in [3.05, 3.63) is 89.1 Å². The van der Waals surface area contributed by atoms with Gasteiger partial charge in [0.25, 0.3) is 11.8 Å².